The maximum atomic E-state index is 5.68. The second-order valence-corrected chi connectivity index (χ2v) is 5.55. The first-order valence-electron chi connectivity index (χ1n) is 6.88. The molecule has 0 bridgehead atoms. The summed E-state index contributed by atoms with van der Waals surface area (Å²) >= 11 is 0. The molecule has 2 rings (SSSR count). The minimum atomic E-state index is -0.218. The SMILES string of the molecule is COCOC(C)(C)Cc1ccc(-c2ccccc2)cc1. The molecule has 0 saturated heterocycles. The van der Waals surface area contributed by atoms with Crippen molar-refractivity contribution in [2.75, 3.05) is 13.9 Å². The van der Waals surface area contributed by atoms with Crippen LogP contribution in [0.3, 0.4) is 0 Å². The molecule has 0 atom stereocenters. The first-order valence-corrected chi connectivity index (χ1v) is 6.88. The average Bonchev–Trinajstić information content (AvgIpc) is 2.46. The number of hydrogen-bond donors (Lipinski definition) is 0. The molecule has 2 heteroatoms. The smallest absolute Gasteiger partial charge is 0.147 e. The van der Waals surface area contributed by atoms with E-state index in [1.807, 2.05) is 6.07 Å². The van der Waals surface area contributed by atoms with E-state index in [1.54, 1.807) is 7.11 Å². The van der Waals surface area contributed by atoms with Crippen LogP contribution in [0.4, 0.5) is 0 Å². The van der Waals surface area contributed by atoms with E-state index in [0.717, 1.165) is 6.42 Å². The first-order chi connectivity index (χ1) is 9.61. The first kappa shape index (κ1) is 14.8. The van der Waals surface area contributed by atoms with Gasteiger partial charge in [0.2, 0.25) is 0 Å². The van der Waals surface area contributed by atoms with E-state index in [4.69, 9.17) is 9.47 Å². The van der Waals surface area contributed by atoms with Crippen LogP contribution in [0.5, 0.6) is 0 Å². The second kappa shape index (κ2) is 6.69. The predicted molar refractivity (Wildman–Crippen MR) is 82.6 cm³/mol. The van der Waals surface area contributed by atoms with Gasteiger partial charge in [-0.15, -0.1) is 0 Å². The summed E-state index contributed by atoms with van der Waals surface area (Å²) in [7, 11) is 1.64. The van der Waals surface area contributed by atoms with Crippen molar-refractivity contribution < 1.29 is 9.47 Å². The zero-order valence-electron chi connectivity index (χ0n) is 12.4. The Labute approximate surface area is 121 Å². The lowest BCUT2D eigenvalue weighted by Crippen LogP contribution is -2.28. The van der Waals surface area contributed by atoms with Crippen LogP contribution in [0.1, 0.15) is 19.4 Å². The van der Waals surface area contributed by atoms with Gasteiger partial charge in [-0.3, -0.25) is 0 Å². The Morgan fingerprint density at radius 3 is 2.05 bits per heavy atom. The molecule has 0 aromatic heterocycles. The molecule has 0 radical (unpaired) electrons. The molecule has 0 aliphatic heterocycles. The summed E-state index contributed by atoms with van der Waals surface area (Å²) in [5.74, 6) is 0. The van der Waals surface area contributed by atoms with E-state index in [-0.39, 0.29) is 5.60 Å². The van der Waals surface area contributed by atoms with Gasteiger partial charge < -0.3 is 9.47 Å². The molecule has 20 heavy (non-hydrogen) atoms. The molecule has 0 saturated carbocycles. The zero-order valence-corrected chi connectivity index (χ0v) is 12.4. The van der Waals surface area contributed by atoms with Crippen molar-refractivity contribution in [3.8, 4) is 11.1 Å². The lowest BCUT2D eigenvalue weighted by atomic mass is 9.96. The monoisotopic (exact) mass is 270 g/mol. The molecule has 0 amide bonds. The third kappa shape index (κ3) is 4.19. The van der Waals surface area contributed by atoms with Crippen molar-refractivity contribution in [1.82, 2.24) is 0 Å². The van der Waals surface area contributed by atoms with Gasteiger partial charge in [0.25, 0.3) is 0 Å². The van der Waals surface area contributed by atoms with Crippen molar-refractivity contribution >= 4 is 0 Å². The molecular formula is C18H22O2. The summed E-state index contributed by atoms with van der Waals surface area (Å²) in [5, 5.41) is 0. The maximum absolute atomic E-state index is 5.68. The quantitative estimate of drug-likeness (QED) is 0.729. The normalized spacial score (nSPS) is 11.6. The second-order valence-electron chi connectivity index (χ2n) is 5.55. The van der Waals surface area contributed by atoms with Crippen LogP contribution in [-0.4, -0.2) is 19.5 Å². The van der Waals surface area contributed by atoms with Gasteiger partial charge in [0.1, 0.15) is 6.79 Å². The van der Waals surface area contributed by atoms with Crippen molar-refractivity contribution in [2.24, 2.45) is 0 Å². The van der Waals surface area contributed by atoms with Gasteiger partial charge >= 0.3 is 0 Å². The van der Waals surface area contributed by atoms with Gasteiger partial charge in [-0.25, -0.2) is 0 Å². The van der Waals surface area contributed by atoms with E-state index in [1.165, 1.54) is 16.7 Å². The molecule has 0 fully saturated rings. The Hall–Kier alpha value is -1.64. The minimum Gasteiger partial charge on any atom is -0.359 e. The van der Waals surface area contributed by atoms with Crippen LogP contribution < -0.4 is 0 Å². The van der Waals surface area contributed by atoms with Gasteiger partial charge in [-0.05, 0) is 30.5 Å². The number of methoxy groups -OCH3 is 1. The molecule has 0 spiro atoms. The highest BCUT2D eigenvalue weighted by Gasteiger charge is 2.18. The number of rotatable bonds is 6. The molecule has 106 valence electrons. The topological polar surface area (TPSA) is 18.5 Å². The third-order valence-electron chi connectivity index (χ3n) is 3.26. The molecule has 2 aromatic carbocycles. The van der Waals surface area contributed by atoms with Crippen LogP contribution in [0.2, 0.25) is 0 Å². The van der Waals surface area contributed by atoms with Crippen LogP contribution in [0.25, 0.3) is 11.1 Å². The van der Waals surface area contributed by atoms with Gasteiger partial charge in [-0.1, -0.05) is 54.6 Å². The lowest BCUT2D eigenvalue weighted by Gasteiger charge is -2.25. The Morgan fingerprint density at radius 1 is 0.850 bits per heavy atom. The Kier molecular flexibility index (Phi) is 4.94. The van der Waals surface area contributed by atoms with Crippen LogP contribution in [0.15, 0.2) is 54.6 Å². The van der Waals surface area contributed by atoms with Gasteiger partial charge in [-0.2, -0.15) is 0 Å². The molecule has 0 N–H and O–H groups in total. The zero-order chi connectivity index (χ0) is 14.4. The maximum Gasteiger partial charge on any atom is 0.147 e. The molecule has 0 unspecified atom stereocenters. The Balaban J connectivity index is 2.05. The van der Waals surface area contributed by atoms with E-state index in [9.17, 15) is 0 Å². The van der Waals surface area contributed by atoms with Crippen molar-refractivity contribution in [3.05, 3.63) is 60.2 Å². The van der Waals surface area contributed by atoms with Gasteiger partial charge in [0.15, 0.2) is 0 Å². The van der Waals surface area contributed by atoms with E-state index < -0.39 is 0 Å². The highest BCUT2D eigenvalue weighted by Crippen LogP contribution is 2.22. The summed E-state index contributed by atoms with van der Waals surface area (Å²) in [6.07, 6.45) is 0.866. The molecule has 0 aliphatic carbocycles. The van der Waals surface area contributed by atoms with Gasteiger partial charge in [0, 0.05) is 13.5 Å². The predicted octanol–water partition coefficient (Wildman–Crippen LogP) is 4.30. The van der Waals surface area contributed by atoms with Crippen LogP contribution in [0, 0.1) is 0 Å². The van der Waals surface area contributed by atoms with E-state index >= 15 is 0 Å². The van der Waals surface area contributed by atoms with E-state index in [0.29, 0.717) is 6.79 Å². The standard InChI is InChI=1S/C18H22O2/c1-18(2,20-14-19-3)13-15-9-11-17(12-10-15)16-7-5-4-6-8-16/h4-12H,13-14H2,1-3H3. The van der Waals surface area contributed by atoms with Crippen molar-refractivity contribution in [1.29, 1.82) is 0 Å². The summed E-state index contributed by atoms with van der Waals surface area (Å²) in [6, 6.07) is 19.1. The third-order valence-corrected chi connectivity index (χ3v) is 3.26. The van der Waals surface area contributed by atoms with Crippen molar-refractivity contribution in [3.63, 3.8) is 0 Å². The highest BCUT2D eigenvalue weighted by molar-refractivity contribution is 5.63. The van der Waals surface area contributed by atoms with Crippen molar-refractivity contribution in [2.45, 2.75) is 25.9 Å². The number of benzene rings is 2. The summed E-state index contributed by atoms with van der Waals surface area (Å²) in [5.41, 5.74) is 3.54. The average molecular weight is 270 g/mol. The summed E-state index contributed by atoms with van der Waals surface area (Å²) in [6.45, 7) is 4.49. The Bertz CT molecular complexity index is 515. The summed E-state index contributed by atoms with van der Waals surface area (Å²) < 4.78 is 10.6. The molecule has 0 heterocycles. The minimum absolute atomic E-state index is 0.218. The fourth-order valence-corrected chi connectivity index (χ4v) is 2.21. The molecule has 2 nitrogen and oxygen atoms in total. The van der Waals surface area contributed by atoms with Crippen LogP contribution in [-0.2, 0) is 15.9 Å². The fourth-order valence-electron chi connectivity index (χ4n) is 2.21. The van der Waals surface area contributed by atoms with E-state index in [2.05, 4.69) is 62.4 Å². The fraction of sp³-hybridized carbons (Fsp3) is 0.333. The number of hydrogen-bond acceptors (Lipinski definition) is 2. The summed E-state index contributed by atoms with van der Waals surface area (Å²) in [4.78, 5) is 0. The molecular weight excluding hydrogens is 248 g/mol. The largest absolute Gasteiger partial charge is 0.359 e. The van der Waals surface area contributed by atoms with Crippen LogP contribution >= 0.6 is 0 Å². The number of ether oxygens (including phenoxy) is 2. The Morgan fingerprint density at radius 2 is 1.45 bits per heavy atom. The molecule has 2 aromatic rings. The molecule has 0 aliphatic rings. The lowest BCUT2D eigenvalue weighted by molar-refractivity contribution is -0.113. The highest BCUT2D eigenvalue weighted by atomic mass is 16.7. The van der Waals surface area contributed by atoms with Gasteiger partial charge in [0.05, 0.1) is 5.60 Å².